The lowest BCUT2D eigenvalue weighted by Crippen LogP contribution is -2.49. The van der Waals surface area contributed by atoms with E-state index in [4.69, 9.17) is 5.11 Å². The number of rotatable bonds is 6. The maximum Gasteiger partial charge on any atom is 0.308 e. The van der Waals surface area contributed by atoms with Crippen molar-refractivity contribution < 1.29 is 19.5 Å². The molecule has 0 bridgehead atoms. The molecule has 0 saturated carbocycles. The van der Waals surface area contributed by atoms with E-state index >= 15 is 0 Å². The van der Waals surface area contributed by atoms with Crippen LogP contribution in [0.15, 0.2) is 30.3 Å². The highest BCUT2D eigenvalue weighted by atomic mass is 16.4. The van der Waals surface area contributed by atoms with Gasteiger partial charge in [-0.3, -0.25) is 14.4 Å². The Kier molecular flexibility index (Phi) is 5.90. The van der Waals surface area contributed by atoms with Gasteiger partial charge in [0, 0.05) is 11.6 Å². The van der Waals surface area contributed by atoms with Crippen LogP contribution in [0.25, 0.3) is 0 Å². The largest absolute Gasteiger partial charge is 0.481 e. The van der Waals surface area contributed by atoms with Crippen LogP contribution in [0.1, 0.15) is 31.1 Å². The van der Waals surface area contributed by atoms with Gasteiger partial charge in [-0.2, -0.15) is 0 Å². The minimum Gasteiger partial charge on any atom is -0.481 e. The first-order chi connectivity index (χ1) is 9.82. The molecule has 0 aliphatic rings. The van der Waals surface area contributed by atoms with E-state index in [1.807, 2.05) is 0 Å². The quantitative estimate of drug-likeness (QED) is 0.729. The first kappa shape index (κ1) is 16.7. The Morgan fingerprint density at radius 1 is 1.00 bits per heavy atom. The van der Waals surface area contributed by atoms with Crippen molar-refractivity contribution in [2.75, 3.05) is 0 Å². The predicted molar refractivity (Wildman–Crippen MR) is 77.8 cm³/mol. The second-order valence-electron chi connectivity index (χ2n) is 4.99. The van der Waals surface area contributed by atoms with Crippen LogP contribution < -0.4 is 10.6 Å². The molecule has 2 amide bonds. The standard InChI is InChI=1S/C15H20N2O4/c1-9(15(20)21)10(2)16-13(18)11(3)17-14(19)12-7-5-4-6-8-12/h4-11H,1-3H3,(H,16,18)(H,17,19)(H,20,21). The minimum atomic E-state index is -0.983. The number of carboxylic acid groups (broad SMARTS) is 1. The zero-order chi connectivity index (χ0) is 16.0. The van der Waals surface area contributed by atoms with Crippen LogP contribution in [-0.4, -0.2) is 35.0 Å². The molecule has 1 rings (SSSR count). The van der Waals surface area contributed by atoms with Crippen molar-refractivity contribution in [3.8, 4) is 0 Å². The molecule has 114 valence electrons. The molecule has 0 aliphatic carbocycles. The summed E-state index contributed by atoms with van der Waals surface area (Å²) < 4.78 is 0. The summed E-state index contributed by atoms with van der Waals surface area (Å²) >= 11 is 0. The SMILES string of the molecule is CC(NC(=O)c1ccccc1)C(=O)NC(C)C(C)C(=O)O. The van der Waals surface area contributed by atoms with Crippen molar-refractivity contribution in [1.29, 1.82) is 0 Å². The molecule has 0 heterocycles. The van der Waals surface area contributed by atoms with Gasteiger partial charge in [0.05, 0.1) is 5.92 Å². The second kappa shape index (κ2) is 7.42. The molecule has 1 aromatic rings. The molecule has 6 nitrogen and oxygen atoms in total. The Morgan fingerprint density at radius 2 is 1.57 bits per heavy atom. The van der Waals surface area contributed by atoms with E-state index < -0.39 is 29.9 Å². The molecule has 3 N–H and O–H groups in total. The topological polar surface area (TPSA) is 95.5 Å². The third-order valence-corrected chi connectivity index (χ3v) is 3.29. The Hall–Kier alpha value is -2.37. The summed E-state index contributed by atoms with van der Waals surface area (Å²) in [6.07, 6.45) is 0. The third-order valence-electron chi connectivity index (χ3n) is 3.29. The van der Waals surface area contributed by atoms with Gasteiger partial charge >= 0.3 is 5.97 Å². The number of hydrogen-bond acceptors (Lipinski definition) is 3. The molecular formula is C15H20N2O4. The normalized spacial score (nSPS) is 14.6. The highest BCUT2D eigenvalue weighted by Gasteiger charge is 2.24. The van der Waals surface area contributed by atoms with Crippen LogP contribution in [0.2, 0.25) is 0 Å². The predicted octanol–water partition coefficient (Wildman–Crippen LogP) is 1.03. The van der Waals surface area contributed by atoms with Gasteiger partial charge in [0.2, 0.25) is 5.91 Å². The zero-order valence-electron chi connectivity index (χ0n) is 12.3. The summed E-state index contributed by atoms with van der Waals surface area (Å²) in [6.45, 7) is 4.68. The molecular weight excluding hydrogens is 272 g/mol. The maximum atomic E-state index is 11.9. The monoisotopic (exact) mass is 292 g/mol. The molecule has 3 unspecified atom stereocenters. The number of benzene rings is 1. The lowest BCUT2D eigenvalue weighted by Gasteiger charge is -2.21. The number of aliphatic carboxylic acids is 1. The van der Waals surface area contributed by atoms with Gasteiger partial charge in [-0.25, -0.2) is 0 Å². The van der Waals surface area contributed by atoms with Crippen LogP contribution in [0.5, 0.6) is 0 Å². The average molecular weight is 292 g/mol. The van der Waals surface area contributed by atoms with Gasteiger partial charge in [0.25, 0.3) is 5.91 Å². The van der Waals surface area contributed by atoms with Crippen molar-refractivity contribution >= 4 is 17.8 Å². The molecule has 0 aromatic heterocycles. The van der Waals surface area contributed by atoms with E-state index in [2.05, 4.69) is 10.6 Å². The first-order valence-corrected chi connectivity index (χ1v) is 6.72. The van der Waals surface area contributed by atoms with Crippen LogP contribution in [-0.2, 0) is 9.59 Å². The Labute approximate surface area is 123 Å². The lowest BCUT2D eigenvalue weighted by atomic mass is 10.0. The maximum absolute atomic E-state index is 11.9. The second-order valence-corrected chi connectivity index (χ2v) is 4.99. The third kappa shape index (κ3) is 4.91. The number of hydrogen-bond donors (Lipinski definition) is 3. The highest BCUT2D eigenvalue weighted by molar-refractivity contribution is 5.97. The van der Waals surface area contributed by atoms with Crippen LogP contribution in [0.4, 0.5) is 0 Å². The molecule has 0 aliphatic heterocycles. The molecule has 21 heavy (non-hydrogen) atoms. The molecule has 0 spiro atoms. The summed E-state index contributed by atoms with van der Waals surface area (Å²) in [4.78, 5) is 34.7. The van der Waals surface area contributed by atoms with E-state index in [0.29, 0.717) is 5.56 Å². The summed E-state index contributed by atoms with van der Waals surface area (Å²) in [5, 5.41) is 14.0. The number of carbonyl (C=O) groups is 3. The molecule has 0 radical (unpaired) electrons. The van der Waals surface area contributed by atoms with Gasteiger partial charge in [0.15, 0.2) is 0 Å². The first-order valence-electron chi connectivity index (χ1n) is 6.72. The number of carbonyl (C=O) groups excluding carboxylic acids is 2. The van der Waals surface area contributed by atoms with E-state index in [0.717, 1.165) is 0 Å². The fourth-order valence-electron chi connectivity index (χ4n) is 1.62. The number of nitrogens with one attached hydrogen (secondary N) is 2. The fourth-order valence-corrected chi connectivity index (χ4v) is 1.62. The van der Waals surface area contributed by atoms with Crippen molar-refractivity contribution in [2.24, 2.45) is 5.92 Å². The lowest BCUT2D eigenvalue weighted by molar-refractivity contribution is -0.142. The van der Waals surface area contributed by atoms with E-state index in [-0.39, 0.29) is 5.91 Å². The van der Waals surface area contributed by atoms with Gasteiger partial charge in [-0.1, -0.05) is 18.2 Å². The smallest absolute Gasteiger partial charge is 0.308 e. The van der Waals surface area contributed by atoms with Crippen molar-refractivity contribution in [3.05, 3.63) is 35.9 Å². The summed E-state index contributed by atoms with van der Waals surface area (Å²) in [5.74, 6) is -2.45. The van der Waals surface area contributed by atoms with Crippen molar-refractivity contribution in [1.82, 2.24) is 10.6 Å². The molecule has 6 heteroatoms. The summed E-state index contributed by atoms with van der Waals surface area (Å²) in [7, 11) is 0. The zero-order valence-corrected chi connectivity index (χ0v) is 12.3. The minimum absolute atomic E-state index is 0.350. The number of amides is 2. The summed E-state index contributed by atoms with van der Waals surface area (Å²) in [6, 6.07) is 7.28. The Bertz CT molecular complexity index is 516. The van der Waals surface area contributed by atoms with Crippen LogP contribution >= 0.6 is 0 Å². The molecule has 3 atom stereocenters. The van der Waals surface area contributed by atoms with Gasteiger partial charge < -0.3 is 15.7 Å². The summed E-state index contributed by atoms with van der Waals surface area (Å²) in [5.41, 5.74) is 0.462. The van der Waals surface area contributed by atoms with Gasteiger partial charge in [-0.05, 0) is 32.9 Å². The average Bonchev–Trinajstić information content (AvgIpc) is 2.46. The molecule has 0 saturated heterocycles. The van der Waals surface area contributed by atoms with E-state index in [1.165, 1.54) is 6.92 Å². The van der Waals surface area contributed by atoms with Gasteiger partial charge in [0.1, 0.15) is 6.04 Å². The Morgan fingerprint density at radius 3 is 2.10 bits per heavy atom. The fraction of sp³-hybridized carbons (Fsp3) is 0.400. The number of carboxylic acids is 1. The van der Waals surface area contributed by atoms with E-state index in [1.54, 1.807) is 44.2 Å². The van der Waals surface area contributed by atoms with Crippen LogP contribution in [0, 0.1) is 5.92 Å². The van der Waals surface area contributed by atoms with Crippen LogP contribution in [0.3, 0.4) is 0 Å². The van der Waals surface area contributed by atoms with E-state index in [9.17, 15) is 14.4 Å². The Balaban J connectivity index is 2.55. The molecule has 1 aromatic carbocycles. The molecule has 0 fully saturated rings. The highest BCUT2D eigenvalue weighted by Crippen LogP contribution is 2.03. The van der Waals surface area contributed by atoms with Crippen molar-refractivity contribution in [3.63, 3.8) is 0 Å². The van der Waals surface area contributed by atoms with Gasteiger partial charge in [-0.15, -0.1) is 0 Å². The van der Waals surface area contributed by atoms with Crippen molar-refractivity contribution in [2.45, 2.75) is 32.9 Å².